The van der Waals surface area contributed by atoms with Gasteiger partial charge in [0.1, 0.15) is 0 Å². The fourth-order valence-electron chi connectivity index (χ4n) is 1.20. The molecule has 1 unspecified atom stereocenters. The minimum Gasteiger partial charge on any atom is -0.469 e. The van der Waals surface area contributed by atoms with E-state index < -0.39 is 5.41 Å². The van der Waals surface area contributed by atoms with Crippen molar-refractivity contribution in [3.05, 3.63) is 0 Å². The van der Waals surface area contributed by atoms with E-state index in [1.807, 2.05) is 0 Å². The van der Waals surface area contributed by atoms with Gasteiger partial charge in [-0.05, 0) is 13.3 Å². The summed E-state index contributed by atoms with van der Waals surface area (Å²) in [4.78, 5) is 22.0. The minimum absolute atomic E-state index is 0.113. The van der Waals surface area contributed by atoms with E-state index in [9.17, 15) is 9.59 Å². The molecule has 12 heavy (non-hydrogen) atoms. The van der Waals surface area contributed by atoms with Gasteiger partial charge in [-0.25, -0.2) is 0 Å². The number of carbonyl (C=O) groups excluding carboxylic acids is 2. The maximum Gasteiger partial charge on any atom is 0.312 e. The molecule has 1 heterocycles. The summed E-state index contributed by atoms with van der Waals surface area (Å²) in [6.07, 6.45) is 0.712. The molecule has 0 N–H and O–H groups in total. The first-order chi connectivity index (χ1) is 5.58. The first-order valence-corrected chi connectivity index (χ1v) is 3.82. The van der Waals surface area contributed by atoms with Crippen LogP contribution in [0, 0.1) is 5.41 Å². The average molecular weight is 172 g/mol. The number of hydrogen-bond acceptors (Lipinski definition) is 4. The fraction of sp³-hybridized carbons (Fsp3) is 0.750. The number of methoxy groups -OCH3 is 1. The molecule has 0 radical (unpaired) electrons. The Morgan fingerprint density at radius 2 is 2.42 bits per heavy atom. The lowest BCUT2D eigenvalue weighted by atomic mass is 9.86. The highest BCUT2D eigenvalue weighted by Gasteiger charge is 2.41. The molecule has 1 rings (SSSR count). The third kappa shape index (κ3) is 1.57. The fourth-order valence-corrected chi connectivity index (χ4v) is 1.20. The molecular weight excluding hydrogens is 160 g/mol. The summed E-state index contributed by atoms with van der Waals surface area (Å²) in [7, 11) is 1.31. The number of rotatable bonds is 2. The van der Waals surface area contributed by atoms with Crippen LogP contribution in [0.15, 0.2) is 0 Å². The van der Waals surface area contributed by atoms with Gasteiger partial charge in [-0.15, -0.1) is 0 Å². The van der Waals surface area contributed by atoms with Crippen LogP contribution in [0.5, 0.6) is 0 Å². The maximum atomic E-state index is 11.1. The molecule has 1 fully saturated rings. The zero-order valence-corrected chi connectivity index (χ0v) is 7.25. The SMILES string of the molecule is COC(=O)CC1(C)CCOC1=O. The molecule has 0 aromatic rings. The van der Waals surface area contributed by atoms with Crippen LogP contribution >= 0.6 is 0 Å². The molecule has 1 saturated heterocycles. The highest BCUT2D eigenvalue weighted by Crippen LogP contribution is 2.33. The third-order valence-electron chi connectivity index (χ3n) is 2.14. The van der Waals surface area contributed by atoms with Crippen molar-refractivity contribution >= 4 is 11.9 Å². The Morgan fingerprint density at radius 3 is 2.83 bits per heavy atom. The van der Waals surface area contributed by atoms with Crippen LogP contribution in [-0.4, -0.2) is 25.7 Å². The van der Waals surface area contributed by atoms with Crippen LogP contribution in [0.25, 0.3) is 0 Å². The summed E-state index contributed by atoms with van der Waals surface area (Å²) in [5.74, 6) is -0.663. The Morgan fingerprint density at radius 1 is 1.75 bits per heavy atom. The third-order valence-corrected chi connectivity index (χ3v) is 2.14. The molecule has 4 heteroatoms. The van der Waals surface area contributed by atoms with E-state index in [1.54, 1.807) is 6.92 Å². The predicted molar refractivity (Wildman–Crippen MR) is 40.3 cm³/mol. The van der Waals surface area contributed by atoms with Crippen LogP contribution in [0.4, 0.5) is 0 Å². The van der Waals surface area contributed by atoms with Crippen molar-refractivity contribution in [2.45, 2.75) is 19.8 Å². The Bertz CT molecular complexity index is 211. The van der Waals surface area contributed by atoms with Gasteiger partial charge in [-0.2, -0.15) is 0 Å². The molecule has 0 aromatic carbocycles. The van der Waals surface area contributed by atoms with Crippen LogP contribution in [0.1, 0.15) is 19.8 Å². The van der Waals surface area contributed by atoms with Crippen molar-refractivity contribution < 1.29 is 19.1 Å². The van der Waals surface area contributed by atoms with Crippen molar-refractivity contribution in [3.63, 3.8) is 0 Å². The smallest absolute Gasteiger partial charge is 0.312 e. The standard InChI is InChI=1S/C8H12O4/c1-8(5-6(9)11-2)3-4-12-7(8)10/h3-5H2,1-2H3. The molecule has 0 bridgehead atoms. The Kier molecular flexibility index (Phi) is 2.35. The molecule has 0 aromatic heterocycles. The van der Waals surface area contributed by atoms with Crippen molar-refractivity contribution in [2.24, 2.45) is 5.41 Å². The summed E-state index contributed by atoms with van der Waals surface area (Å²) >= 11 is 0. The lowest BCUT2D eigenvalue weighted by Gasteiger charge is -2.15. The van der Waals surface area contributed by atoms with Crippen LogP contribution in [0.3, 0.4) is 0 Å². The summed E-state index contributed by atoms with van der Waals surface area (Å²) in [6.45, 7) is 2.13. The van der Waals surface area contributed by atoms with Gasteiger partial charge >= 0.3 is 11.9 Å². The first-order valence-electron chi connectivity index (χ1n) is 3.82. The highest BCUT2D eigenvalue weighted by molar-refractivity contribution is 5.84. The van der Waals surface area contributed by atoms with Crippen LogP contribution in [-0.2, 0) is 19.1 Å². The summed E-state index contributed by atoms with van der Waals surface area (Å²) < 4.78 is 9.25. The minimum atomic E-state index is -0.660. The second-order valence-corrected chi connectivity index (χ2v) is 3.20. The van der Waals surface area contributed by atoms with Gasteiger partial charge in [0.15, 0.2) is 0 Å². The van der Waals surface area contributed by atoms with Gasteiger partial charge in [0.05, 0.1) is 25.6 Å². The number of cyclic esters (lactones) is 1. The van der Waals surface area contributed by atoms with Gasteiger partial charge in [0.25, 0.3) is 0 Å². The quantitative estimate of drug-likeness (QED) is 0.569. The van der Waals surface area contributed by atoms with Gasteiger partial charge in [-0.3, -0.25) is 9.59 Å². The Hall–Kier alpha value is -1.06. The molecule has 1 aliphatic heterocycles. The molecule has 0 spiro atoms. The summed E-state index contributed by atoms with van der Waals surface area (Å²) in [5.41, 5.74) is -0.660. The normalized spacial score (nSPS) is 28.3. The van der Waals surface area contributed by atoms with Gasteiger partial charge in [0.2, 0.25) is 0 Å². The van der Waals surface area contributed by atoms with E-state index in [0.717, 1.165) is 0 Å². The van der Waals surface area contributed by atoms with E-state index >= 15 is 0 Å². The number of ether oxygens (including phenoxy) is 2. The van der Waals surface area contributed by atoms with E-state index in [0.29, 0.717) is 13.0 Å². The largest absolute Gasteiger partial charge is 0.469 e. The average Bonchev–Trinajstić information content (AvgIpc) is 2.32. The van der Waals surface area contributed by atoms with Crippen molar-refractivity contribution in [1.29, 1.82) is 0 Å². The molecule has 0 aliphatic carbocycles. The number of hydrogen-bond donors (Lipinski definition) is 0. The highest BCUT2D eigenvalue weighted by atomic mass is 16.5. The van der Waals surface area contributed by atoms with Gasteiger partial charge < -0.3 is 9.47 Å². The van der Waals surface area contributed by atoms with E-state index in [1.165, 1.54) is 7.11 Å². The zero-order chi connectivity index (χ0) is 9.19. The lowest BCUT2D eigenvalue weighted by molar-refractivity contribution is -0.152. The van der Waals surface area contributed by atoms with Crippen molar-refractivity contribution in [1.82, 2.24) is 0 Å². The summed E-state index contributed by atoms with van der Waals surface area (Å²) in [5, 5.41) is 0. The lowest BCUT2D eigenvalue weighted by Crippen LogP contribution is -2.26. The van der Waals surface area contributed by atoms with E-state index in [-0.39, 0.29) is 18.4 Å². The Balaban J connectivity index is 2.59. The first kappa shape index (κ1) is 9.03. The van der Waals surface area contributed by atoms with Crippen LogP contribution < -0.4 is 0 Å². The van der Waals surface area contributed by atoms with Crippen LogP contribution in [0.2, 0.25) is 0 Å². The number of esters is 2. The number of carbonyl (C=O) groups is 2. The molecule has 1 aliphatic rings. The molecule has 4 nitrogen and oxygen atoms in total. The zero-order valence-electron chi connectivity index (χ0n) is 7.25. The molecule has 68 valence electrons. The topological polar surface area (TPSA) is 52.6 Å². The Labute approximate surface area is 70.8 Å². The predicted octanol–water partition coefficient (Wildman–Crippen LogP) is 0.503. The second-order valence-electron chi connectivity index (χ2n) is 3.20. The van der Waals surface area contributed by atoms with E-state index in [2.05, 4.69) is 4.74 Å². The monoisotopic (exact) mass is 172 g/mol. The molecule has 1 atom stereocenters. The van der Waals surface area contributed by atoms with Crippen molar-refractivity contribution in [3.8, 4) is 0 Å². The summed E-state index contributed by atoms with van der Waals surface area (Å²) in [6, 6.07) is 0. The maximum absolute atomic E-state index is 11.1. The van der Waals surface area contributed by atoms with Crippen molar-refractivity contribution in [2.75, 3.05) is 13.7 Å². The molecular formula is C8H12O4. The molecule has 0 saturated carbocycles. The van der Waals surface area contributed by atoms with Gasteiger partial charge in [0, 0.05) is 0 Å². The second kappa shape index (κ2) is 3.13. The van der Waals surface area contributed by atoms with E-state index in [4.69, 9.17) is 4.74 Å². The molecule has 0 amide bonds. The van der Waals surface area contributed by atoms with Gasteiger partial charge in [-0.1, -0.05) is 0 Å².